The largest absolute Gasteiger partial charge is 0.478 e. The van der Waals surface area contributed by atoms with Gasteiger partial charge in [0.2, 0.25) is 0 Å². The number of benzene rings is 2. The molecule has 0 saturated heterocycles. The molecule has 2 aromatic rings. The van der Waals surface area contributed by atoms with Gasteiger partial charge in [-0.05, 0) is 23.8 Å². The second-order valence-corrected chi connectivity index (χ2v) is 4.10. The van der Waals surface area contributed by atoms with Gasteiger partial charge in [-0.3, -0.25) is 15.5 Å². The smallest absolute Gasteiger partial charge is 0.335 e. The highest BCUT2D eigenvalue weighted by molar-refractivity contribution is 5.89. The molecule has 0 aliphatic rings. The van der Waals surface area contributed by atoms with E-state index in [1.165, 1.54) is 30.5 Å². The van der Waals surface area contributed by atoms with E-state index < -0.39 is 10.9 Å². The van der Waals surface area contributed by atoms with Crippen LogP contribution in [0.1, 0.15) is 15.9 Å². The van der Waals surface area contributed by atoms with Crippen molar-refractivity contribution < 1.29 is 14.8 Å². The fourth-order valence-corrected chi connectivity index (χ4v) is 1.58. The van der Waals surface area contributed by atoms with Gasteiger partial charge in [-0.15, -0.1) is 0 Å². The Morgan fingerprint density at radius 2 is 1.95 bits per heavy atom. The number of hydrazone groups is 1. The van der Waals surface area contributed by atoms with Crippen LogP contribution in [0.5, 0.6) is 0 Å². The summed E-state index contributed by atoms with van der Waals surface area (Å²) in [6.07, 6.45) is 1.49. The van der Waals surface area contributed by atoms with Crippen LogP contribution >= 0.6 is 0 Å². The van der Waals surface area contributed by atoms with Crippen molar-refractivity contribution in [3.05, 3.63) is 69.8 Å². The standard InChI is InChI=1S/C14H11N3O4/c18-14(19)11-6-4-10(5-7-11)9-15-16-12-2-1-3-13(8-12)17(20)21/h1-9,16H,(H,18,19). The van der Waals surface area contributed by atoms with Gasteiger partial charge in [0.1, 0.15) is 0 Å². The predicted octanol–water partition coefficient (Wildman–Crippen LogP) is 2.74. The number of hydrogen-bond acceptors (Lipinski definition) is 5. The normalized spacial score (nSPS) is 10.5. The Balaban J connectivity index is 2.03. The van der Waals surface area contributed by atoms with Gasteiger partial charge in [0.05, 0.1) is 22.4 Å². The van der Waals surface area contributed by atoms with E-state index in [0.717, 1.165) is 0 Å². The Morgan fingerprint density at radius 3 is 2.57 bits per heavy atom. The van der Waals surface area contributed by atoms with Crippen LogP contribution in [0.3, 0.4) is 0 Å². The molecule has 0 radical (unpaired) electrons. The van der Waals surface area contributed by atoms with Crippen molar-refractivity contribution >= 4 is 23.6 Å². The molecule has 0 spiro atoms. The topological polar surface area (TPSA) is 105 Å². The van der Waals surface area contributed by atoms with Gasteiger partial charge in [-0.1, -0.05) is 18.2 Å². The molecule has 7 nitrogen and oxygen atoms in total. The van der Waals surface area contributed by atoms with E-state index in [4.69, 9.17) is 5.11 Å². The van der Waals surface area contributed by atoms with Gasteiger partial charge in [0.25, 0.3) is 5.69 Å². The van der Waals surface area contributed by atoms with E-state index in [2.05, 4.69) is 10.5 Å². The molecule has 0 heterocycles. The maximum absolute atomic E-state index is 10.7. The number of hydrogen-bond donors (Lipinski definition) is 2. The molecule has 0 aliphatic heterocycles. The van der Waals surface area contributed by atoms with Gasteiger partial charge in [0, 0.05) is 12.1 Å². The van der Waals surface area contributed by atoms with Crippen LogP contribution in [0.15, 0.2) is 53.6 Å². The van der Waals surface area contributed by atoms with Gasteiger partial charge >= 0.3 is 5.97 Å². The lowest BCUT2D eigenvalue weighted by Crippen LogP contribution is -1.96. The number of nitro benzene ring substituents is 1. The molecule has 0 fully saturated rings. The number of anilines is 1. The quantitative estimate of drug-likeness (QED) is 0.499. The summed E-state index contributed by atoms with van der Waals surface area (Å²) >= 11 is 0. The molecule has 0 saturated carbocycles. The molecule has 21 heavy (non-hydrogen) atoms. The number of nitrogens with zero attached hydrogens (tertiary/aromatic N) is 2. The first-order chi connectivity index (χ1) is 10.1. The zero-order chi connectivity index (χ0) is 15.2. The molecular formula is C14H11N3O4. The van der Waals surface area contributed by atoms with Gasteiger partial charge < -0.3 is 5.11 Å². The minimum Gasteiger partial charge on any atom is -0.478 e. The molecule has 0 amide bonds. The summed E-state index contributed by atoms with van der Waals surface area (Å²) < 4.78 is 0. The molecule has 7 heteroatoms. The summed E-state index contributed by atoms with van der Waals surface area (Å²) in [5.41, 5.74) is 4.04. The first-order valence-electron chi connectivity index (χ1n) is 5.93. The molecule has 2 rings (SSSR count). The van der Waals surface area contributed by atoms with Gasteiger partial charge in [-0.25, -0.2) is 4.79 Å². The van der Waals surface area contributed by atoms with Crippen molar-refractivity contribution in [1.29, 1.82) is 0 Å². The number of rotatable bonds is 5. The van der Waals surface area contributed by atoms with Gasteiger partial charge in [0.15, 0.2) is 0 Å². The lowest BCUT2D eigenvalue weighted by Gasteiger charge is -2.00. The van der Waals surface area contributed by atoms with Crippen LogP contribution in [0, 0.1) is 10.1 Å². The summed E-state index contributed by atoms with van der Waals surface area (Å²) in [7, 11) is 0. The number of nitrogens with one attached hydrogen (secondary N) is 1. The van der Waals surface area contributed by atoms with Crippen molar-refractivity contribution in [3.8, 4) is 0 Å². The minimum atomic E-state index is -0.992. The van der Waals surface area contributed by atoms with Crippen LogP contribution in [0.2, 0.25) is 0 Å². The molecule has 0 atom stereocenters. The second-order valence-electron chi connectivity index (χ2n) is 4.10. The van der Waals surface area contributed by atoms with E-state index in [9.17, 15) is 14.9 Å². The van der Waals surface area contributed by atoms with Crippen molar-refractivity contribution in [2.45, 2.75) is 0 Å². The Kier molecular flexibility index (Phi) is 4.25. The summed E-state index contributed by atoms with van der Waals surface area (Å²) in [6.45, 7) is 0. The molecule has 0 bridgehead atoms. The lowest BCUT2D eigenvalue weighted by molar-refractivity contribution is -0.384. The molecule has 2 aromatic carbocycles. The van der Waals surface area contributed by atoms with Gasteiger partial charge in [-0.2, -0.15) is 5.10 Å². The highest BCUT2D eigenvalue weighted by atomic mass is 16.6. The van der Waals surface area contributed by atoms with Crippen LogP contribution in [-0.2, 0) is 0 Å². The first kappa shape index (κ1) is 14.2. The third kappa shape index (κ3) is 3.87. The Bertz CT molecular complexity index is 696. The van der Waals surface area contributed by atoms with E-state index in [0.29, 0.717) is 11.3 Å². The lowest BCUT2D eigenvalue weighted by atomic mass is 10.1. The van der Waals surface area contributed by atoms with Crippen LogP contribution in [0.4, 0.5) is 11.4 Å². The average Bonchev–Trinajstić information content (AvgIpc) is 2.48. The SMILES string of the molecule is O=C(O)c1ccc(C=NNc2cccc([N+](=O)[O-])c2)cc1. The van der Waals surface area contributed by atoms with E-state index in [1.54, 1.807) is 24.3 Å². The Morgan fingerprint density at radius 1 is 1.24 bits per heavy atom. The number of carboxylic acids is 1. The predicted molar refractivity (Wildman–Crippen MR) is 77.7 cm³/mol. The maximum atomic E-state index is 10.7. The van der Waals surface area contributed by atoms with E-state index in [1.807, 2.05) is 0 Å². The summed E-state index contributed by atoms with van der Waals surface area (Å²) in [5.74, 6) is -0.992. The third-order valence-corrected chi connectivity index (χ3v) is 2.62. The fourth-order valence-electron chi connectivity index (χ4n) is 1.58. The number of nitro groups is 1. The van der Waals surface area contributed by atoms with E-state index >= 15 is 0 Å². The summed E-state index contributed by atoms with van der Waals surface area (Å²) in [6, 6.07) is 12.1. The minimum absolute atomic E-state index is 0.0268. The number of non-ortho nitro benzene ring substituents is 1. The summed E-state index contributed by atoms with van der Waals surface area (Å²) in [5, 5.41) is 23.3. The first-order valence-corrected chi connectivity index (χ1v) is 5.93. The third-order valence-electron chi connectivity index (χ3n) is 2.62. The Labute approximate surface area is 119 Å². The monoisotopic (exact) mass is 285 g/mol. The maximum Gasteiger partial charge on any atom is 0.335 e. The zero-order valence-electron chi connectivity index (χ0n) is 10.8. The molecule has 106 valence electrons. The van der Waals surface area contributed by atoms with Crippen molar-refractivity contribution in [3.63, 3.8) is 0 Å². The van der Waals surface area contributed by atoms with Crippen molar-refractivity contribution in [2.75, 3.05) is 5.43 Å². The molecule has 0 aliphatic carbocycles. The number of aromatic carboxylic acids is 1. The van der Waals surface area contributed by atoms with Crippen LogP contribution < -0.4 is 5.43 Å². The summed E-state index contributed by atoms with van der Waals surface area (Å²) in [4.78, 5) is 20.8. The Hall–Kier alpha value is -3.22. The second kappa shape index (κ2) is 6.29. The molecule has 2 N–H and O–H groups in total. The fraction of sp³-hybridized carbons (Fsp3) is 0. The highest BCUT2D eigenvalue weighted by Gasteiger charge is 2.04. The average molecular weight is 285 g/mol. The van der Waals surface area contributed by atoms with Crippen molar-refractivity contribution in [2.24, 2.45) is 5.10 Å². The highest BCUT2D eigenvalue weighted by Crippen LogP contribution is 2.16. The van der Waals surface area contributed by atoms with Crippen LogP contribution in [-0.4, -0.2) is 22.2 Å². The van der Waals surface area contributed by atoms with E-state index in [-0.39, 0.29) is 11.3 Å². The van der Waals surface area contributed by atoms with Crippen LogP contribution in [0.25, 0.3) is 0 Å². The van der Waals surface area contributed by atoms with Crippen molar-refractivity contribution in [1.82, 2.24) is 0 Å². The zero-order valence-corrected chi connectivity index (χ0v) is 10.8. The molecule has 0 unspecified atom stereocenters. The number of carbonyl (C=O) groups is 1. The molecular weight excluding hydrogens is 274 g/mol. The number of carboxylic acid groups (broad SMARTS) is 1. The molecule has 0 aromatic heterocycles.